The highest BCUT2D eigenvalue weighted by Crippen LogP contribution is 2.29. The number of nitrogens with one attached hydrogen (secondary N) is 1. The topological polar surface area (TPSA) is 103 Å². The van der Waals surface area contributed by atoms with E-state index >= 15 is 0 Å². The number of hydrogen-bond donors (Lipinski definition) is 1. The maximum Gasteiger partial charge on any atom is 0.269 e. The Morgan fingerprint density at radius 1 is 1.09 bits per heavy atom. The van der Waals surface area contributed by atoms with Crippen LogP contribution in [0.5, 0.6) is 5.88 Å². The Hall–Kier alpha value is -3.72. The zero-order valence-electron chi connectivity index (χ0n) is 18.7. The SMILES string of the molecule is COc1ncc(C(C)(C)C)cc1S(=O)(=O)NC(=O)c1ccc2c(-n3cccn3)cccc2c1. The third-order valence-electron chi connectivity index (χ3n) is 5.27. The number of ether oxygens (including phenoxy) is 1. The van der Waals surface area contributed by atoms with Gasteiger partial charge in [0.15, 0.2) is 0 Å². The molecule has 0 radical (unpaired) electrons. The summed E-state index contributed by atoms with van der Waals surface area (Å²) >= 11 is 0. The summed E-state index contributed by atoms with van der Waals surface area (Å²) in [5, 5.41) is 5.92. The number of pyridine rings is 1. The molecule has 0 aliphatic heterocycles. The van der Waals surface area contributed by atoms with Crippen molar-refractivity contribution in [3.63, 3.8) is 0 Å². The summed E-state index contributed by atoms with van der Waals surface area (Å²) < 4.78 is 35.2. The third-order valence-corrected chi connectivity index (χ3v) is 6.59. The van der Waals surface area contributed by atoms with Crippen LogP contribution in [0.3, 0.4) is 0 Å². The van der Waals surface area contributed by atoms with Gasteiger partial charge in [-0.1, -0.05) is 39.0 Å². The average Bonchev–Trinajstić information content (AvgIpc) is 3.31. The molecule has 1 N–H and O–H groups in total. The van der Waals surface area contributed by atoms with Gasteiger partial charge in [-0.15, -0.1) is 0 Å². The van der Waals surface area contributed by atoms with Crippen molar-refractivity contribution < 1.29 is 17.9 Å². The fourth-order valence-electron chi connectivity index (χ4n) is 3.44. The molecule has 0 saturated heterocycles. The molecular formula is C24H24N4O4S. The van der Waals surface area contributed by atoms with E-state index in [-0.39, 0.29) is 21.8 Å². The van der Waals surface area contributed by atoms with Crippen LogP contribution in [0.1, 0.15) is 36.7 Å². The minimum absolute atomic E-state index is 0.0781. The van der Waals surface area contributed by atoms with Gasteiger partial charge in [0.2, 0.25) is 5.88 Å². The predicted octanol–water partition coefficient (Wildman–Crippen LogP) is 3.85. The van der Waals surface area contributed by atoms with Crippen molar-refractivity contribution in [1.82, 2.24) is 19.5 Å². The molecule has 2 aromatic heterocycles. The average molecular weight is 465 g/mol. The van der Waals surface area contributed by atoms with Gasteiger partial charge in [0.05, 0.1) is 12.8 Å². The van der Waals surface area contributed by atoms with Crippen molar-refractivity contribution in [2.75, 3.05) is 7.11 Å². The van der Waals surface area contributed by atoms with Crippen molar-refractivity contribution in [2.45, 2.75) is 31.1 Å². The van der Waals surface area contributed by atoms with Crippen LogP contribution in [0, 0.1) is 0 Å². The first-order chi connectivity index (χ1) is 15.6. The van der Waals surface area contributed by atoms with E-state index in [0.717, 1.165) is 16.5 Å². The molecule has 2 heterocycles. The van der Waals surface area contributed by atoms with Crippen LogP contribution in [0.4, 0.5) is 0 Å². The Morgan fingerprint density at radius 3 is 2.55 bits per heavy atom. The van der Waals surface area contributed by atoms with Gasteiger partial charge in [0, 0.05) is 29.5 Å². The first-order valence-electron chi connectivity index (χ1n) is 10.2. The third kappa shape index (κ3) is 4.45. The van der Waals surface area contributed by atoms with Crippen LogP contribution in [0.2, 0.25) is 0 Å². The summed E-state index contributed by atoms with van der Waals surface area (Å²) in [4.78, 5) is 16.8. The molecule has 4 rings (SSSR count). The van der Waals surface area contributed by atoms with Gasteiger partial charge in [-0.05, 0) is 46.7 Å². The molecule has 0 bridgehead atoms. The first-order valence-corrected chi connectivity index (χ1v) is 11.7. The number of rotatable bonds is 5. The van der Waals surface area contributed by atoms with Crippen LogP contribution in [-0.2, 0) is 15.4 Å². The van der Waals surface area contributed by atoms with Gasteiger partial charge in [-0.25, -0.2) is 22.8 Å². The Labute approximate surface area is 192 Å². The van der Waals surface area contributed by atoms with Gasteiger partial charge in [0.1, 0.15) is 4.90 Å². The standard InChI is InChI=1S/C24H24N4O4S/c1-24(2,3)18-14-21(23(32-4)25-15-18)33(30,31)27-22(29)17-9-10-19-16(13-17)7-5-8-20(19)28-12-6-11-26-28/h5-15H,1-4H3,(H,27,29). The number of nitrogens with zero attached hydrogens (tertiary/aromatic N) is 3. The number of benzene rings is 2. The maximum atomic E-state index is 13.1. The lowest BCUT2D eigenvalue weighted by atomic mass is 9.88. The molecule has 0 aliphatic carbocycles. The van der Waals surface area contributed by atoms with Gasteiger partial charge in [-0.2, -0.15) is 5.10 Å². The van der Waals surface area contributed by atoms with Crippen LogP contribution in [-0.4, -0.2) is 36.2 Å². The number of amides is 1. The van der Waals surface area contributed by atoms with E-state index in [0.29, 0.717) is 5.56 Å². The zero-order chi connectivity index (χ0) is 23.8. The number of carbonyl (C=O) groups excluding carboxylic acids is 1. The van der Waals surface area contributed by atoms with E-state index in [2.05, 4.69) is 14.8 Å². The minimum Gasteiger partial charge on any atom is -0.480 e. The molecule has 2 aromatic carbocycles. The normalized spacial score (nSPS) is 12.0. The second-order valence-electron chi connectivity index (χ2n) is 8.58. The highest BCUT2D eigenvalue weighted by atomic mass is 32.2. The van der Waals surface area contributed by atoms with E-state index in [1.165, 1.54) is 13.2 Å². The number of methoxy groups -OCH3 is 1. The number of sulfonamides is 1. The van der Waals surface area contributed by atoms with Crippen LogP contribution in [0.25, 0.3) is 16.5 Å². The summed E-state index contributed by atoms with van der Waals surface area (Å²) in [5.74, 6) is -0.824. The van der Waals surface area contributed by atoms with E-state index in [4.69, 9.17) is 4.74 Å². The summed E-state index contributed by atoms with van der Waals surface area (Å²) in [6.07, 6.45) is 5.08. The monoisotopic (exact) mass is 464 g/mol. The van der Waals surface area contributed by atoms with Crippen molar-refractivity contribution in [3.05, 3.63) is 78.2 Å². The smallest absolute Gasteiger partial charge is 0.269 e. The van der Waals surface area contributed by atoms with Crippen molar-refractivity contribution in [3.8, 4) is 11.6 Å². The first kappa shape index (κ1) is 22.5. The summed E-state index contributed by atoms with van der Waals surface area (Å²) in [7, 11) is -2.90. The number of fused-ring (bicyclic) bond motifs is 1. The maximum absolute atomic E-state index is 13.1. The molecular weight excluding hydrogens is 440 g/mol. The quantitative estimate of drug-likeness (QED) is 0.481. The lowest BCUT2D eigenvalue weighted by Crippen LogP contribution is -2.31. The Morgan fingerprint density at radius 2 is 1.88 bits per heavy atom. The predicted molar refractivity (Wildman–Crippen MR) is 125 cm³/mol. The Kier molecular flexibility index (Phi) is 5.67. The van der Waals surface area contributed by atoms with E-state index in [1.807, 2.05) is 51.2 Å². The molecule has 0 atom stereocenters. The largest absolute Gasteiger partial charge is 0.480 e. The molecule has 0 saturated carbocycles. The Balaban J connectivity index is 1.68. The lowest BCUT2D eigenvalue weighted by molar-refractivity contribution is 0.0981. The van der Waals surface area contributed by atoms with Crippen LogP contribution in [0.15, 0.2) is 72.0 Å². The molecule has 9 heteroatoms. The molecule has 4 aromatic rings. The minimum atomic E-state index is -4.23. The van der Waals surface area contributed by atoms with E-state index in [1.54, 1.807) is 35.3 Å². The molecule has 0 fully saturated rings. The number of aromatic nitrogens is 3. The Bertz CT molecular complexity index is 1440. The summed E-state index contributed by atoms with van der Waals surface area (Å²) in [6.45, 7) is 5.83. The van der Waals surface area contributed by atoms with Crippen LogP contribution < -0.4 is 9.46 Å². The fraction of sp³-hybridized carbons (Fsp3) is 0.208. The van der Waals surface area contributed by atoms with Crippen molar-refractivity contribution >= 4 is 26.7 Å². The number of hydrogen-bond acceptors (Lipinski definition) is 6. The summed E-state index contributed by atoms with van der Waals surface area (Å²) in [6, 6.07) is 13.9. The molecule has 0 spiro atoms. The molecule has 170 valence electrons. The van der Waals surface area contributed by atoms with Crippen molar-refractivity contribution in [1.29, 1.82) is 0 Å². The molecule has 8 nitrogen and oxygen atoms in total. The lowest BCUT2D eigenvalue weighted by Gasteiger charge is -2.20. The fourth-order valence-corrected chi connectivity index (χ4v) is 4.56. The van der Waals surface area contributed by atoms with Gasteiger partial charge >= 0.3 is 0 Å². The highest BCUT2D eigenvalue weighted by molar-refractivity contribution is 7.90. The van der Waals surface area contributed by atoms with Gasteiger partial charge in [0.25, 0.3) is 15.9 Å². The van der Waals surface area contributed by atoms with Gasteiger partial charge in [-0.3, -0.25) is 4.79 Å². The molecule has 0 aliphatic rings. The molecule has 33 heavy (non-hydrogen) atoms. The van der Waals surface area contributed by atoms with Crippen molar-refractivity contribution in [2.24, 2.45) is 0 Å². The molecule has 0 unspecified atom stereocenters. The zero-order valence-corrected chi connectivity index (χ0v) is 19.6. The van der Waals surface area contributed by atoms with E-state index in [9.17, 15) is 13.2 Å². The highest BCUT2D eigenvalue weighted by Gasteiger charge is 2.27. The second kappa shape index (κ2) is 8.32. The number of carbonyl (C=O) groups is 1. The van der Waals surface area contributed by atoms with Gasteiger partial charge < -0.3 is 4.74 Å². The molecule has 1 amide bonds. The second-order valence-corrected chi connectivity index (χ2v) is 10.2. The summed E-state index contributed by atoms with van der Waals surface area (Å²) in [5.41, 5.74) is 1.43. The van der Waals surface area contributed by atoms with Crippen LogP contribution >= 0.6 is 0 Å². The van der Waals surface area contributed by atoms with E-state index < -0.39 is 15.9 Å².